The Labute approximate surface area is 178 Å². The molecule has 1 aromatic carbocycles. The fraction of sp³-hybridized carbons (Fsp3) is 0.286. The van der Waals surface area contributed by atoms with Gasteiger partial charge in [-0.05, 0) is 38.5 Å². The molecule has 0 aliphatic rings. The first-order valence-corrected chi connectivity index (χ1v) is 10.5. The van der Waals surface area contributed by atoms with Crippen molar-refractivity contribution in [3.63, 3.8) is 0 Å². The molecule has 0 bridgehead atoms. The average Bonchev–Trinajstić information content (AvgIpc) is 3.27. The lowest BCUT2D eigenvalue weighted by Crippen LogP contribution is -2.26. The summed E-state index contributed by atoms with van der Waals surface area (Å²) in [5.41, 5.74) is 3.94. The molecule has 0 fully saturated rings. The molecule has 1 amide bonds. The van der Waals surface area contributed by atoms with E-state index in [9.17, 15) is 9.59 Å². The lowest BCUT2D eigenvalue weighted by atomic mass is 10.1. The maximum Gasteiger partial charge on any atom is 0.355 e. The van der Waals surface area contributed by atoms with Crippen LogP contribution in [0, 0.1) is 13.8 Å². The van der Waals surface area contributed by atoms with Crippen LogP contribution in [0.15, 0.2) is 29.6 Å². The van der Waals surface area contributed by atoms with Gasteiger partial charge in [0.2, 0.25) is 0 Å². The monoisotopic (exact) mass is 431 g/mol. The topological polar surface area (TPSA) is 84.1 Å². The molecule has 0 saturated heterocycles. The van der Waals surface area contributed by atoms with E-state index in [0.717, 1.165) is 16.3 Å². The van der Waals surface area contributed by atoms with Crippen LogP contribution in [0.4, 0.5) is 0 Å². The molecule has 0 saturated carbocycles. The molecule has 2 aromatic heterocycles. The minimum Gasteiger partial charge on any atom is -0.461 e. The minimum atomic E-state index is -0.454. The highest BCUT2D eigenvalue weighted by Gasteiger charge is 2.22. The number of H-pyrrole nitrogens is 1. The van der Waals surface area contributed by atoms with E-state index in [1.807, 2.05) is 29.6 Å². The van der Waals surface area contributed by atoms with Gasteiger partial charge in [0.1, 0.15) is 5.69 Å². The van der Waals surface area contributed by atoms with Gasteiger partial charge < -0.3 is 15.0 Å². The molecular weight excluding hydrogens is 410 g/mol. The predicted molar refractivity (Wildman–Crippen MR) is 115 cm³/mol. The molecule has 0 atom stereocenters. The zero-order valence-electron chi connectivity index (χ0n) is 16.5. The number of aryl methyl sites for hydroxylation is 1. The Morgan fingerprint density at radius 2 is 1.97 bits per heavy atom. The number of halogens is 1. The van der Waals surface area contributed by atoms with E-state index in [4.69, 9.17) is 16.3 Å². The summed E-state index contributed by atoms with van der Waals surface area (Å²) in [6.45, 7) is 5.98. The number of thiazole rings is 1. The van der Waals surface area contributed by atoms with Crippen LogP contribution in [-0.4, -0.2) is 35.0 Å². The molecule has 6 nitrogen and oxygen atoms in total. The number of nitrogens with zero attached hydrogens (tertiary/aromatic N) is 1. The summed E-state index contributed by atoms with van der Waals surface area (Å²) in [5, 5.41) is 6.52. The number of rotatable bonds is 7. The Bertz CT molecular complexity index is 1020. The second-order valence-electron chi connectivity index (χ2n) is 6.48. The maximum absolute atomic E-state index is 12.6. The zero-order chi connectivity index (χ0) is 21.0. The van der Waals surface area contributed by atoms with E-state index in [2.05, 4.69) is 15.3 Å². The zero-order valence-corrected chi connectivity index (χ0v) is 18.0. The van der Waals surface area contributed by atoms with Gasteiger partial charge in [-0.2, -0.15) is 0 Å². The van der Waals surface area contributed by atoms with Crippen molar-refractivity contribution in [2.45, 2.75) is 27.2 Å². The Hall–Kier alpha value is -2.64. The lowest BCUT2D eigenvalue weighted by Gasteiger charge is -2.05. The van der Waals surface area contributed by atoms with Crippen LogP contribution in [0.2, 0.25) is 5.02 Å². The number of nitrogens with one attached hydrogen (secondary N) is 2. The van der Waals surface area contributed by atoms with Crippen molar-refractivity contribution in [2.24, 2.45) is 0 Å². The van der Waals surface area contributed by atoms with Gasteiger partial charge in [0, 0.05) is 34.6 Å². The van der Waals surface area contributed by atoms with Crippen LogP contribution in [-0.2, 0) is 11.2 Å². The van der Waals surface area contributed by atoms with E-state index < -0.39 is 5.97 Å². The summed E-state index contributed by atoms with van der Waals surface area (Å²) in [6.07, 6.45) is 0.622. The van der Waals surface area contributed by atoms with Crippen LogP contribution in [0.25, 0.3) is 11.3 Å². The molecule has 152 valence electrons. The fourth-order valence-corrected chi connectivity index (χ4v) is 3.98. The summed E-state index contributed by atoms with van der Waals surface area (Å²) in [6, 6.07) is 7.54. The highest BCUT2D eigenvalue weighted by atomic mass is 35.5. The summed E-state index contributed by atoms with van der Waals surface area (Å²) in [7, 11) is 0. The number of esters is 1. The quantitative estimate of drug-likeness (QED) is 0.537. The number of aromatic nitrogens is 2. The van der Waals surface area contributed by atoms with E-state index in [-0.39, 0.29) is 12.5 Å². The van der Waals surface area contributed by atoms with Gasteiger partial charge in [0.25, 0.3) is 5.91 Å². The van der Waals surface area contributed by atoms with E-state index in [0.29, 0.717) is 40.5 Å². The molecule has 0 aliphatic carbocycles. The van der Waals surface area contributed by atoms with E-state index in [1.54, 1.807) is 32.1 Å². The standard InChI is InChI=1S/C21H22ClN3O3S/c1-4-28-21(27)19-12(2)18(13(3)24-19)20(26)23-10-9-17-25-16(11-29-17)14-5-7-15(22)8-6-14/h5-8,11,24H,4,9-10H2,1-3H3,(H,23,26). The minimum absolute atomic E-state index is 0.221. The van der Waals surface area contributed by atoms with Crippen molar-refractivity contribution in [3.8, 4) is 11.3 Å². The van der Waals surface area contributed by atoms with Crippen LogP contribution in [0.3, 0.4) is 0 Å². The average molecular weight is 432 g/mol. The Kier molecular flexibility index (Phi) is 6.71. The van der Waals surface area contributed by atoms with Gasteiger partial charge in [0.15, 0.2) is 0 Å². The number of hydrogen-bond donors (Lipinski definition) is 2. The normalized spacial score (nSPS) is 10.8. The smallest absolute Gasteiger partial charge is 0.355 e. The number of carbonyl (C=O) groups excluding carboxylic acids is 2. The van der Waals surface area contributed by atoms with Gasteiger partial charge in [-0.25, -0.2) is 9.78 Å². The number of benzene rings is 1. The van der Waals surface area contributed by atoms with Crippen LogP contribution >= 0.6 is 22.9 Å². The molecule has 2 N–H and O–H groups in total. The Morgan fingerprint density at radius 3 is 2.66 bits per heavy atom. The number of carbonyl (C=O) groups is 2. The van der Waals surface area contributed by atoms with Crippen molar-refractivity contribution in [1.82, 2.24) is 15.3 Å². The van der Waals surface area contributed by atoms with Crippen LogP contribution in [0.5, 0.6) is 0 Å². The van der Waals surface area contributed by atoms with Gasteiger partial charge in [-0.1, -0.05) is 23.7 Å². The molecule has 3 aromatic rings. The molecule has 0 unspecified atom stereocenters. The van der Waals surface area contributed by atoms with Crippen LogP contribution < -0.4 is 5.32 Å². The fourth-order valence-electron chi connectivity index (χ4n) is 3.05. The third-order valence-corrected chi connectivity index (χ3v) is 5.62. The molecule has 29 heavy (non-hydrogen) atoms. The maximum atomic E-state index is 12.6. The summed E-state index contributed by atoms with van der Waals surface area (Å²) in [4.78, 5) is 32.2. The van der Waals surface area contributed by atoms with Gasteiger partial charge in [-0.3, -0.25) is 4.79 Å². The van der Waals surface area contributed by atoms with Crippen molar-refractivity contribution >= 4 is 34.8 Å². The van der Waals surface area contributed by atoms with Crippen molar-refractivity contribution in [1.29, 1.82) is 0 Å². The molecule has 8 heteroatoms. The third-order valence-electron chi connectivity index (χ3n) is 4.46. The number of aromatic amines is 1. The van der Waals surface area contributed by atoms with Crippen molar-refractivity contribution in [2.75, 3.05) is 13.2 Å². The summed E-state index contributed by atoms with van der Waals surface area (Å²) >= 11 is 7.48. The molecular formula is C21H22ClN3O3S. The van der Waals surface area contributed by atoms with Gasteiger partial charge in [-0.15, -0.1) is 11.3 Å². The van der Waals surface area contributed by atoms with Crippen molar-refractivity contribution < 1.29 is 14.3 Å². The molecule has 3 rings (SSSR count). The molecule has 0 aliphatic heterocycles. The lowest BCUT2D eigenvalue weighted by molar-refractivity contribution is 0.0519. The van der Waals surface area contributed by atoms with Gasteiger partial charge >= 0.3 is 5.97 Å². The van der Waals surface area contributed by atoms with Crippen LogP contribution in [0.1, 0.15) is 44.0 Å². The number of ether oxygens (including phenoxy) is 1. The second kappa shape index (κ2) is 9.24. The first-order chi connectivity index (χ1) is 13.9. The summed E-state index contributed by atoms with van der Waals surface area (Å²) < 4.78 is 5.03. The molecule has 0 radical (unpaired) electrons. The SMILES string of the molecule is CCOC(=O)c1[nH]c(C)c(C(=O)NCCc2nc(-c3ccc(Cl)cc3)cs2)c1C. The first kappa shape index (κ1) is 21.1. The van der Waals surface area contributed by atoms with Crippen molar-refractivity contribution in [3.05, 3.63) is 62.2 Å². The Morgan fingerprint density at radius 1 is 1.24 bits per heavy atom. The second-order valence-corrected chi connectivity index (χ2v) is 7.86. The molecule has 0 spiro atoms. The van der Waals surface area contributed by atoms with Gasteiger partial charge in [0.05, 0.1) is 22.9 Å². The molecule has 2 heterocycles. The third kappa shape index (κ3) is 4.86. The summed E-state index contributed by atoms with van der Waals surface area (Å²) in [5.74, 6) is -0.675. The largest absolute Gasteiger partial charge is 0.461 e. The van der Waals surface area contributed by atoms with E-state index >= 15 is 0 Å². The first-order valence-electron chi connectivity index (χ1n) is 9.25. The highest BCUT2D eigenvalue weighted by Crippen LogP contribution is 2.24. The predicted octanol–water partition coefficient (Wildman–Crippen LogP) is 4.56. The highest BCUT2D eigenvalue weighted by molar-refractivity contribution is 7.09. The number of amides is 1. The Balaban J connectivity index is 1.61. The van der Waals surface area contributed by atoms with E-state index in [1.165, 1.54) is 0 Å². The number of hydrogen-bond acceptors (Lipinski definition) is 5.